The minimum atomic E-state index is -0.227. The van der Waals surface area contributed by atoms with Gasteiger partial charge in [-0.05, 0) is 61.4 Å². The highest BCUT2D eigenvalue weighted by molar-refractivity contribution is 5.95. The van der Waals surface area contributed by atoms with Crippen LogP contribution in [0.15, 0.2) is 36.4 Å². The Balaban J connectivity index is 1.58. The summed E-state index contributed by atoms with van der Waals surface area (Å²) in [4.78, 5) is 16.5. The lowest BCUT2D eigenvalue weighted by Gasteiger charge is -2.31. The van der Waals surface area contributed by atoms with Gasteiger partial charge in [0.15, 0.2) is 0 Å². The van der Waals surface area contributed by atoms with E-state index in [9.17, 15) is 9.18 Å². The van der Waals surface area contributed by atoms with E-state index >= 15 is 0 Å². The van der Waals surface area contributed by atoms with E-state index in [1.807, 2.05) is 30.9 Å². The molecule has 0 bridgehead atoms. The van der Waals surface area contributed by atoms with Crippen LogP contribution in [0.25, 0.3) is 0 Å². The molecule has 2 saturated heterocycles. The number of anilines is 2. The van der Waals surface area contributed by atoms with Crippen LogP contribution in [0.3, 0.4) is 0 Å². The number of amides is 1. The fraction of sp³-hybridized carbons (Fsp3) is 0.480. The molecular weight excluding hydrogens is 379 g/mol. The van der Waals surface area contributed by atoms with E-state index in [0.717, 1.165) is 43.0 Å². The number of hydrogen-bond acceptors (Lipinski definition) is 3. The van der Waals surface area contributed by atoms with Gasteiger partial charge in [0.25, 0.3) is 0 Å². The zero-order valence-corrected chi connectivity index (χ0v) is 18.0. The van der Waals surface area contributed by atoms with E-state index in [1.165, 1.54) is 25.3 Å². The standard InChI is InChI=1S/C25H31FN2O2/c1-18(2)22-10-9-21(16-23(22)26)30-17-19-15-20(28-14-6-7-25(28)29)8-11-24(19)27-12-4-3-5-13-27/h8-11,15-16,18H,3-7,12-14,17H2,1-2H3. The number of rotatable bonds is 6. The molecule has 0 aliphatic carbocycles. The van der Waals surface area contributed by atoms with Crippen molar-refractivity contribution in [2.45, 2.75) is 58.5 Å². The molecule has 30 heavy (non-hydrogen) atoms. The van der Waals surface area contributed by atoms with Crippen LogP contribution in [0.2, 0.25) is 0 Å². The van der Waals surface area contributed by atoms with Crippen LogP contribution in [0.4, 0.5) is 15.8 Å². The van der Waals surface area contributed by atoms with Crippen molar-refractivity contribution < 1.29 is 13.9 Å². The van der Waals surface area contributed by atoms with E-state index in [4.69, 9.17) is 4.74 Å². The number of piperidine rings is 1. The van der Waals surface area contributed by atoms with E-state index in [-0.39, 0.29) is 17.6 Å². The van der Waals surface area contributed by atoms with Gasteiger partial charge in [0.05, 0.1) is 0 Å². The van der Waals surface area contributed by atoms with Crippen molar-refractivity contribution in [1.82, 2.24) is 0 Å². The zero-order chi connectivity index (χ0) is 21.1. The van der Waals surface area contributed by atoms with Crippen LogP contribution in [0.5, 0.6) is 5.75 Å². The number of hydrogen-bond donors (Lipinski definition) is 0. The molecule has 4 nitrogen and oxygen atoms in total. The molecule has 0 N–H and O–H groups in total. The van der Waals surface area contributed by atoms with Crippen molar-refractivity contribution in [3.05, 3.63) is 53.3 Å². The Morgan fingerprint density at radius 3 is 2.47 bits per heavy atom. The summed E-state index contributed by atoms with van der Waals surface area (Å²) in [5.74, 6) is 0.623. The Hall–Kier alpha value is -2.56. The third-order valence-corrected chi connectivity index (χ3v) is 6.13. The average molecular weight is 411 g/mol. The molecule has 2 aliphatic rings. The summed E-state index contributed by atoms with van der Waals surface area (Å²) in [5, 5.41) is 0. The second kappa shape index (κ2) is 9.07. The molecule has 0 unspecified atom stereocenters. The molecule has 2 fully saturated rings. The van der Waals surface area contributed by atoms with Gasteiger partial charge in [-0.15, -0.1) is 0 Å². The molecule has 0 saturated carbocycles. The monoisotopic (exact) mass is 410 g/mol. The maximum Gasteiger partial charge on any atom is 0.227 e. The number of benzene rings is 2. The largest absolute Gasteiger partial charge is 0.489 e. The van der Waals surface area contributed by atoms with Gasteiger partial charge in [-0.25, -0.2) is 4.39 Å². The zero-order valence-electron chi connectivity index (χ0n) is 18.0. The first kappa shape index (κ1) is 20.7. The van der Waals surface area contributed by atoms with E-state index in [1.54, 1.807) is 6.07 Å². The predicted molar refractivity (Wildman–Crippen MR) is 119 cm³/mol. The molecule has 2 heterocycles. The maximum atomic E-state index is 14.4. The molecular formula is C25H31FN2O2. The van der Waals surface area contributed by atoms with Crippen molar-refractivity contribution in [1.29, 1.82) is 0 Å². The summed E-state index contributed by atoms with van der Waals surface area (Å²) in [6.07, 6.45) is 5.16. The van der Waals surface area contributed by atoms with Crippen LogP contribution in [0.1, 0.15) is 63.0 Å². The fourth-order valence-electron chi connectivity index (χ4n) is 4.45. The van der Waals surface area contributed by atoms with Crippen LogP contribution >= 0.6 is 0 Å². The summed E-state index contributed by atoms with van der Waals surface area (Å²) in [7, 11) is 0. The molecule has 0 radical (unpaired) electrons. The minimum Gasteiger partial charge on any atom is -0.489 e. The van der Waals surface area contributed by atoms with Crippen LogP contribution in [-0.4, -0.2) is 25.5 Å². The highest BCUT2D eigenvalue weighted by Gasteiger charge is 2.23. The number of carbonyl (C=O) groups excluding carboxylic acids is 1. The molecule has 5 heteroatoms. The number of nitrogens with zero attached hydrogens (tertiary/aromatic N) is 2. The van der Waals surface area contributed by atoms with E-state index in [0.29, 0.717) is 24.3 Å². The van der Waals surface area contributed by atoms with Crippen molar-refractivity contribution in [2.75, 3.05) is 29.4 Å². The van der Waals surface area contributed by atoms with Crippen molar-refractivity contribution in [3.8, 4) is 5.75 Å². The summed E-state index contributed by atoms with van der Waals surface area (Å²) in [5.41, 5.74) is 3.83. The number of ether oxygens (including phenoxy) is 1. The van der Waals surface area contributed by atoms with Crippen LogP contribution in [0, 0.1) is 5.82 Å². The number of halogens is 1. The first-order valence-electron chi connectivity index (χ1n) is 11.1. The minimum absolute atomic E-state index is 0.138. The van der Waals surface area contributed by atoms with Gasteiger partial charge in [-0.2, -0.15) is 0 Å². The Kier molecular flexibility index (Phi) is 6.26. The molecule has 160 valence electrons. The van der Waals surface area contributed by atoms with Crippen molar-refractivity contribution >= 4 is 17.3 Å². The third kappa shape index (κ3) is 4.45. The van der Waals surface area contributed by atoms with Gasteiger partial charge in [-0.1, -0.05) is 19.9 Å². The quantitative estimate of drug-likeness (QED) is 0.617. The summed E-state index contributed by atoms with van der Waals surface area (Å²) >= 11 is 0. The Morgan fingerprint density at radius 1 is 1.00 bits per heavy atom. The average Bonchev–Trinajstić information content (AvgIpc) is 3.18. The summed E-state index contributed by atoms with van der Waals surface area (Å²) < 4.78 is 20.4. The Morgan fingerprint density at radius 2 is 1.80 bits per heavy atom. The van der Waals surface area contributed by atoms with Gasteiger partial charge in [0.2, 0.25) is 5.91 Å². The van der Waals surface area contributed by atoms with Crippen molar-refractivity contribution in [2.24, 2.45) is 0 Å². The molecule has 2 aliphatic heterocycles. The van der Waals surface area contributed by atoms with E-state index < -0.39 is 0 Å². The molecule has 2 aromatic rings. The normalized spacial score (nSPS) is 17.1. The first-order valence-corrected chi connectivity index (χ1v) is 11.1. The second-order valence-electron chi connectivity index (χ2n) is 8.64. The molecule has 0 aromatic heterocycles. The van der Waals surface area contributed by atoms with Crippen LogP contribution in [-0.2, 0) is 11.4 Å². The van der Waals surface area contributed by atoms with E-state index in [2.05, 4.69) is 17.0 Å². The smallest absolute Gasteiger partial charge is 0.227 e. The lowest BCUT2D eigenvalue weighted by Crippen LogP contribution is -2.31. The van der Waals surface area contributed by atoms with Crippen molar-refractivity contribution in [3.63, 3.8) is 0 Å². The third-order valence-electron chi connectivity index (χ3n) is 6.13. The molecule has 2 aromatic carbocycles. The molecule has 0 atom stereocenters. The predicted octanol–water partition coefficient (Wildman–Crippen LogP) is 5.65. The molecule has 0 spiro atoms. The lowest BCUT2D eigenvalue weighted by atomic mass is 10.0. The SMILES string of the molecule is CC(C)c1ccc(OCc2cc(N3CCCC3=O)ccc2N2CCCCC2)cc1F. The topological polar surface area (TPSA) is 32.8 Å². The van der Waals surface area contributed by atoms with Gasteiger partial charge < -0.3 is 14.5 Å². The van der Waals surface area contributed by atoms with Gasteiger partial charge >= 0.3 is 0 Å². The lowest BCUT2D eigenvalue weighted by molar-refractivity contribution is -0.117. The Labute approximate surface area is 178 Å². The van der Waals surface area contributed by atoms with Gasteiger partial charge in [-0.3, -0.25) is 4.79 Å². The second-order valence-corrected chi connectivity index (χ2v) is 8.64. The van der Waals surface area contributed by atoms with Gasteiger partial charge in [0, 0.05) is 49.1 Å². The van der Waals surface area contributed by atoms with Gasteiger partial charge in [0.1, 0.15) is 18.2 Å². The van der Waals surface area contributed by atoms with Crippen LogP contribution < -0.4 is 14.5 Å². The Bertz CT molecular complexity index is 906. The fourth-order valence-corrected chi connectivity index (χ4v) is 4.45. The maximum absolute atomic E-state index is 14.4. The first-order chi connectivity index (χ1) is 14.5. The molecule has 4 rings (SSSR count). The highest BCUT2D eigenvalue weighted by Crippen LogP contribution is 2.32. The number of carbonyl (C=O) groups is 1. The summed E-state index contributed by atoms with van der Waals surface area (Å²) in [6.45, 7) is 7.15. The molecule has 1 amide bonds. The highest BCUT2D eigenvalue weighted by atomic mass is 19.1. The summed E-state index contributed by atoms with van der Waals surface area (Å²) in [6, 6.07) is 11.4.